The van der Waals surface area contributed by atoms with Gasteiger partial charge in [-0.05, 0) is 12.1 Å². The number of nitrogens with zero attached hydrogens (tertiary/aromatic N) is 4. The van der Waals surface area contributed by atoms with E-state index in [-0.39, 0.29) is 11.5 Å². The highest BCUT2D eigenvalue weighted by Gasteiger charge is 2.04. The van der Waals surface area contributed by atoms with E-state index in [0.29, 0.717) is 5.82 Å². The Bertz CT molecular complexity index is 491. The Morgan fingerprint density at radius 1 is 1.40 bits per heavy atom. The lowest BCUT2D eigenvalue weighted by atomic mass is 10.3. The van der Waals surface area contributed by atoms with Crippen LogP contribution < -0.4 is 0 Å². The van der Waals surface area contributed by atoms with E-state index < -0.39 is 5.82 Å². The molecule has 0 bridgehead atoms. The van der Waals surface area contributed by atoms with Gasteiger partial charge in [-0.15, -0.1) is 10.2 Å². The van der Waals surface area contributed by atoms with Crippen LogP contribution in [0.5, 0.6) is 0 Å². The molecule has 6 heteroatoms. The maximum absolute atomic E-state index is 12.6. The molecule has 0 N–H and O–H groups in total. The van der Waals surface area contributed by atoms with Crippen LogP contribution in [0, 0.1) is 5.82 Å². The molecule has 2 heterocycles. The van der Waals surface area contributed by atoms with Gasteiger partial charge in [0.25, 0.3) is 0 Å². The highest BCUT2D eigenvalue weighted by atomic mass is 19.1. The lowest BCUT2D eigenvalue weighted by Crippen LogP contribution is -2.04. The third-order valence-corrected chi connectivity index (χ3v) is 1.80. The summed E-state index contributed by atoms with van der Waals surface area (Å²) in [5.74, 6) is -0.253. The Kier molecular flexibility index (Phi) is 2.24. The predicted molar refractivity (Wildman–Crippen MR) is 49.1 cm³/mol. The first-order valence-corrected chi connectivity index (χ1v) is 4.22. The van der Waals surface area contributed by atoms with Gasteiger partial charge >= 0.3 is 0 Å². The van der Waals surface area contributed by atoms with Gasteiger partial charge in [0.15, 0.2) is 17.4 Å². The second kappa shape index (κ2) is 3.56. The molecule has 76 valence electrons. The van der Waals surface area contributed by atoms with Crippen LogP contribution in [0.3, 0.4) is 0 Å². The summed E-state index contributed by atoms with van der Waals surface area (Å²) in [5, 5.41) is 11.1. The topological polar surface area (TPSA) is 60.7 Å². The Labute approximate surface area is 84.6 Å². The van der Waals surface area contributed by atoms with Gasteiger partial charge in [-0.1, -0.05) is 0 Å². The first-order valence-electron chi connectivity index (χ1n) is 4.22. The first-order chi connectivity index (χ1) is 7.16. The number of aromatic nitrogens is 4. The van der Waals surface area contributed by atoms with Crippen molar-refractivity contribution in [3.63, 3.8) is 0 Å². The number of carbonyl (C=O) groups is 1. The monoisotopic (exact) mass is 206 g/mol. The Hall–Kier alpha value is -2.11. The summed E-state index contributed by atoms with van der Waals surface area (Å²) < 4.78 is 13.9. The van der Waals surface area contributed by atoms with E-state index in [9.17, 15) is 9.18 Å². The van der Waals surface area contributed by atoms with E-state index in [1.54, 1.807) is 6.07 Å². The number of hydrogen-bond donors (Lipinski definition) is 0. The molecule has 0 fully saturated rings. The summed E-state index contributed by atoms with van der Waals surface area (Å²) >= 11 is 0. The van der Waals surface area contributed by atoms with E-state index in [2.05, 4.69) is 15.3 Å². The molecule has 0 atom stereocenters. The highest BCUT2D eigenvalue weighted by Crippen LogP contribution is 2.04. The van der Waals surface area contributed by atoms with E-state index >= 15 is 0 Å². The molecule has 2 aromatic heterocycles. The number of halogens is 1. The molecule has 0 saturated carbocycles. The Morgan fingerprint density at radius 3 is 2.67 bits per heavy atom. The van der Waals surface area contributed by atoms with Crippen molar-refractivity contribution < 1.29 is 9.18 Å². The summed E-state index contributed by atoms with van der Waals surface area (Å²) in [7, 11) is 0. The highest BCUT2D eigenvalue weighted by molar-refractivity contribution is 5.91. The van der Waals surface area contributed by atoms with E-state index in [1.165, 1.54) is 23.9 Å². The van der Waals surface area contributed by atoms with E-state index in [0.717, 1.165) is 6.20 Å². The molecule has 0 aliphatic heterocycles. The van der Waals surface area contributed by atoms with Gasteiger partial charge in [0.05, 0.1) is 12.4 Å². The minimum absolute atomic E-state index is 0.166. The minimum atomic E-state index is -0.451. The second-order valence-electron chi connectivity index (χ2n) is 2.94. The summed E-state index contributed by atoms with van der Waals surface area (Å²) in [6.07, 6.45) is 2.25. The van der Waals surface area contributed by atoms with Gasteiger partial charge in [-0.25, -0.2) is 9.07 Å². The third-order valence-electron chi connectivity index (χ3n) is 1.80. The number of rotatable bonds is 2. The lowest BCUT2D eigenvalue weighted by molar-refractivity contribution is 0.101. The molecule has 0 aliphatic carbocycles. The fourth-order valence-electron chi connectivity index (χ4n) is 1.06. The van der Waals surface area contributed by atoms with Gasteiger partial charge in [0.1, 0.15) is 5.69 Å². The average Bonchev–Trinajstić information content (AvgIpc) is 2.65. The zero-order valence-corrected chi connectivity index (χ0v) is 7.88. The fraction of sp³-hybridized carbons (Fsp3) is 0.111. The van der Waals surface area contributed by atoms with E-state index in [4.69, 9.17) is 0 Å². The molecular formula is C9H7FN4O. The molecule has 2 aromatic rings. The summed E-state index contributed by atoms with van der Waals surface area (Å²) in [5.41, 5.74) is 0.270. The van der Waals surface area contributed by atoms with Crippen LogP contribution in [-0.2, 0) is 0 Å². The van der Waals surface area contributed by atoms with Gasteiger partial charge in [-0.2, -0.15) is 5.10 Å². The molecule has 0 spiro atoms. The Balaban J connectivity index is 2.35. The SMILES string of the molecule is CC(=O)c1ccc(-n2cc(F)cn2)nn1. The zero-order valence-electron chi connectivity index (χ0n) is 7.88. The van der Waals surface area contributed by atoms with Crippen molar-refractivity contribution in [1.29, 1.82) is 0 Å². The van der Waals surface area contributed by atoms with Crippen molar-refractivity contribution in [3.8, 4) is 5.82 Å². The summed E-state index contributed by atoms with van der Waals surface area (Å²) in [4.78, 5) is 10.9. The minimum Gasteiger partial charge on any atom is -0.293 e. The normalized spacial score (nSPS) is 10.3. The van der Waals surface area contributed by atoms with Crippen molar-refractivity contribution in [1.82, 2.24) is 20.0 Å². The first kappa shape index (κ1) is 9.45. The van der Waals surface area contributed by atoms with Crippen LogP contribution >= 0.6 is 0 Å². The van der Waals surface area contributed by atoms with Crippen molar-refractivity contribution in [2.45, 2.75) is 6.92 Å². The van der Waals surface area contributed by atoms with Gasteiger partial charge in [0.2, 0.25) is 0 Å². The van der Waals surface area contributed by atoms with Crippen molar-refractivity contribution in [3.05, 3.63) is 36.0 Å². The fourth-order valence-corrected chi connectivity index (χ4v) is 1.06. The molecular weight excluding hydrogens is 199 g/mol. The molecule has 0 amide bonds. The van der Waals surface area contributed by atoms with Crippen LogP contribution in [0.1, 0.15) is 17.4 Å². The zero-order chi connectivity index (χ0) is 10.8. The Morgan fingerprint density at radius 2 is 2.20 bits per heavy atom. The smallest absolute Gasteiger partial charge is 0.180 e. The maximum Gasteiger partial charge on any atom is 0.180 e. The summed E-state index contributed by atoms with van der Waals surface area (Å²) in [6, 6.07) is 3.07. The van der Waals surface area contributed by atoms with Crippen molar-refractivity contribution >= 4 is 5.78 Å². The summed E-state index contributed by atoms with van der Waals surface area (Å²) in [6.45, 7) is 1.40. The van der Waals surface area contributed by atoms with Gasteiger partial charge in [-0.3, -0.25) is 4.79 Å². The van der Waals surface area contributed by atoms with Crippen LogP contribution in [0.25, 0.3) is 5.82 Å². The quantitative estimate of drug-likeness (QED) is 0.688. The predicted octanol–water partition coefficient (Wildman–Crippen LogP) is 1.00. The van der Waals surface area contributed by atoms with E-state index in [1.807, 2.05) is 0 Å². The van der Waals surface area contributed by atoms with Crippen molar-refractivity contribution in [2.75, 3.05) is 0 Å². The average molecular weight is 206 g/mol. The molecule has 0 saturated heterocycles. The lowest BCUT2D eigenvalue weighted by Gasteiger charge is -1.98. The molecule has 5 nitrogen and oxygen atoms in total. The van der Waals surface area contributed by atoms with Crippen molar-refractivity contribution in [2.24, 2.45) is 0 Å². The molecule has 0 unspecified atom stereocenters. The van der Waals surface area contributed by atoms with Gasteiger partial charge < -0.3 is 0 Å². The standard InChI is InChI=1S/C9H7FN4O/c1-6(15)8-2-3-9(13-12-8)14-5-7(10)4-11-14/h2-5H,1H3. The third kappa shape index (κ3) is 1.88. The second-order valence-corrected chi connectivity index (χ2v) is 2.94. The van der Waals surface area contributed by atoms with Crippen LogP contribution in [-0.4, -0.2) is 25.8 Å². The number of ketones is 1. The van der Waals surface area contributed by atoms with Crippen LogP contribution in [0.15, 0.2) is 24.5 Å². The molecule has 0 radical (unpaired) electrons. The molecule has 0 aliphatic rings. The number of Topliss-reactive ketones (excluding diaryl/α,β-unsaturated/α-hetero) is 1. The number of carbonyl (C=O) groups excluding carboxylic acids is 1. The molecule has 2 rings (SSSR count). The van der Waals surface area contributed by atoms with Crippen LogP contribution in [0.2, 0.25) is 0 Å². The number of hydrogen-bond acceptors (Lipinski definition) is 4. The van der Waals surface area contributed by atoms with Gasteiger partial charge in [0, 0.05) is 6.92 Å². The molecule has 0 aromatic carbocycles. The maximum atomic E-state index is 12.6. The molecule has 15 heavy (non-hydrogen) atoms. The largest absolute Gasteiger partial charge is 0.293 e. The van der Waals surface area contributed by atoms with Crippen LogP contribution in [0.4, 0.5) is 4.39 Å².